The molecule has 4 aromatic rings. The van der Waals surface area contributed by atoms with Gasteiger partial charge in [-0.2, -0.15) is 5.26 Å². The minimum absolute atomic E-state index is 0.173. The third-order valence-electron chi connectivity index (χ3n) is 3.66. The van der Waals surface area contributed by atoms with Crippen molar-refractivity contribution < 1.29 is 4.79 Å². The van der Waals surface area contributed by atoms with E-state index in [0.717, 1.165) is 11.0 Å². The number of thioether (sulfide) groups is 1. The van der Waals surface area contributed by atoms with Gasteiger partial charge in [0.1, 0.15) is 6.07 Å². The summed E-state index contributed by atoms with van der Waals surface area (Å²) >= 11 is 1.30. The minimum Gasteiger partial charge on any atom is -0.324 e. The average molecular weight is 348 g/mol. The summed E-state index contributed by atoms with van der Waals surface area (Å²) in [4.78, 5) is 16.7. The van der Waals surface area contributed by atoms with E-state index in [-0.39, 0.29) is 11.7 Å². The molecule has 2 aromatic heterocycles. The number of imidazole rings is 1. The number of nitrogens with zero attached hydrogens (tertiary/aromatic N) is 4. The molecule has 0 atom stereocenters. The molecule has 0 aliphatic rings. The molecule has 1 amide bonds. The maximum Gasteiger partial charge on any atom is 0.234 e. The molecule has 0 fully saturated rings. The predicted octanol–water partition coefficient (Wildman–Crippen LogP) is 2.81. The molecule has 0 aliphatic carbocycles. The Morgan fingerprint density at radius 2 is 2.04 bits per heavy atom. The van der Waals surface area contributed by atoms with Crippen LogP contribution in [-0.4, -0.2) is 31.2 Å². The normalized spacial score (nSPS) is 10.8. The van der Waals surface area contributed by atoms with E-state index < -0.39 is 0 Å². The lowest BCUT2D eigenvalue weighted by molar-refractivity contribution is -0.113. The first-order valence-corrected chi connectivity index (χ1v) is 8.48. The van der Waals surface area contributed by atoms with E-state index in [9.17, 15) is 4.79 Å². The molecule has 25 heavy (non-hydrogen) atoms. The third-order valence-corrected chi connectivity index (χ3v) is 4.60. The fourth-order valence-electron chi connectivity index (χ4n) is 2.55. The molecular formula is C17H12N6OS. The van der Waals surface area contributed by atoms with Gasteiger partial charge in [0.15, 0.2) is 5.16 Å². The van der Waals surface area contributed by atoms with E-state index in [4.69, 9.17) is 5.26 Å². The van der Waals surface area contributed by atoms with Crippen LogP contribution in [0.4, 0.5) is 5.69 Å². The van der Waals surface area contributed by atoms with Gasteiger partial charge in [-0.1, -0.05) is 36.0 Å². The highest BCUT2D eigenvalue weighted by atomic mass is 32.2. The van der Waals surface area contributed by atoms with Crippen LogP contribution < -0.4 is 5.32 Å². The summed E-state index contributed by atoms with van der Waals surface area (Å²) in [7, 11) is 0. The van der Waals surface area contributed by atoms with E-state index in [1.54, 1.807) is 24.3 Å². The van der Waals surface area contributed by atoms with Gasteiger partial charge in [-0.15, -0.1) is 5.10 Å². The van der Waals surface area contributed by atoms with Crippen molar-refractivity contribution in [1.29, 1.82) is 5.26 Å². The number of nitrogens with one attached hydrogen (secondary N) is 2. The molecule has 0 radical (unpaired) electrons. The molecule has 0 saturated carbocycles. The summed E-state index contributed by atoms with van der Waals surface area (Å²) in [5.74, 6) is 0.610. The summed E-state index contributed by atoms with van der Waals surface area (Å²) in [6, 6.07) is 16.7. The molecule has 7 nitrogen and oxygen atoms in total. The number of carbonyl (C=O) groups excluding carboxylic acids is 1. The first-order chi connectivity index (χ1) is 12.3. The van der Waals surface area contributed by atoms with Gasteiger partial charge >= 0.3 is 0 Å². The summed E-state index contributed by atoms with van der Waals surface area (Å²) in [6.07, 6.45) is 0. The number of para-hydroxylation sites is 3. The Morgan fingerprint density at radius 3 is 2.92 bits per heavy atom. The van der Waals surface area contributed by atoms with Crippen LogP contribution in [0.3, 0.4) is 0 Å². The number of anilines is 1. The van der Waals surface area contributed by atoms with E-state index >= 15 is 0 Å². The van der Waals surface area contributed by atoms with Crippen LogP contribution in [0.25, 0.3) is 16.8 Å². The third kappa shape index (κ3) is 2.81. The molecular weight excluding hydrogens is 336 g/mol. The van der Waals surface area contributed by atoms with E-state index in [2.05, 4.69) is 26.6 Å². The highest BCUT2D eigenvalue weighted by molar-refractivity contribution is 7.99. The number of aromatic nitrogens is 4. The monoisotopic (exact) mass is 348 g/mol. The second-order valence-corrected chi connectivity index (χ2v) is 6.20. The van der Waals surface area contributed by atoms with Gasteiger partial charge in [0, 0.05) is 0 Å². The summed E-state index contributed by atoms with van der Waals surface area (Å²) in [5.41, 5.74) is 2.74. The van der Waals surface area contributed by atoms with Gasteiger partial charge in [-0.25, -0.2) is 10.1 Å². The second-order valence-electron chi connectivity index (χ2n) is 5.26. The van der Waals surface area contributed by atoms with Crippen molar-refractivity contribution in [2.45, 2.75) is 5.16 Å². The molecule has 0 aliphatic heterocycles. The molecule has 0 bridgehead atoms. The lowest BCUT2D eigenvalue weighted by atomic mass is 10.2. The summed E-state index contributed by atoms with van der Waals surface area (Å²) in [6.45, 7) is 0. The number of fused-ring (bicyclic) bond motifs is 3. The molecule has 122 valence electrons. The van der Waals surface area contributed by atoms with Crippen molar-refractivity contribution in [2.75, 3.05) is 11.1 Å². The van der Waals surface area contributed by atoms with Gasteiger partial charge < -0.3 is 5.32 Å². The first-order valence-electron chi connectivity index (χ1n) is 7.49. The van der Waals surface area contributed by atoms with Gasteiger partial charge in [0.2, 0.25) is 11.7 Å². The van der Waals surface area contributed by atoms with Crippen molar-refractivity contribution in [2.24, 2.45) is 0 Å². The van der Waals surface area contributed by atoms with E-state index in [0.29, 0.717) is 22.2 Å². The highest BCUT2D eigenvalue weighted by Gasteiger charge is 2.14. The number of carbonyl (C=O) groups is 1. The second kappa shape index (κ2) is 6.30. The number of benzene rings is 2. The Hall–Kier alpha value is -3.31. The maximum atomic E-state index is 12.2. The number of hydrogen-bond donors (Lipinski definition) is 2. The van der Waals surface area contributed by atoms with Crippen molar-refractivity contribution in [3.63, 3.8) is 0 Å². The van der Waals surface area contributed by atoms with Gasteiger partial charge in [-0.05, 0) is 24.3 Å². The molecule has 4 rings (SSSR count). The zero-order chi connectivity index (χ0) is 17.2. The van der Waals surface area contributed by atoms with Crippen LogP contribution in [0.1, 0.15) is 5.56 Å². The highest BCUT2D eigenvalue weighted by Crippen LogP contribution is 2.23. The van der Waals surface area contributed by atoms with Crippen LogP contribution in [0, 0.1) is 11.3 Å². The van der Waals surface area contributed by atoms with Crippen molar-refractivity contribution in [1.82, 2.24) is 19.6 Å². The minimum atomic E-state index is -0.201. The molecule has 2 heterocycles. The molecule has 8 heteroatoms. The lowest BCUT2D eigenvalue weighted by Gasteiger charge is -2.06. The number of rotatable bonds is 4. The van der Waals surface area contributed by atoms with Crippen LogP contribution in [0.2, 0.25) is 0 Å². The SMILES string of the molecule is N#Cc1ccccc1NC(=O)CSc1n[nH]c2nc3ccccc3n12. The number of amides is 1. The fourth-order valence-corrected chi connectivity index (χ4v) is 3.30. The Bertz CT molecular complexity index is 1120. The number of nitriles is 1. The summed E-state index contributed by atoms with van der Waals surface area (Å²) in [5, 5.41) is 19.6. The van der Waals surface area contributed by atoms with E-state index in [1.807, 2.05) is 28.7 Å². The topological polar surface area (TPSA) is 98.9 Å². The van der Waals surface area contributed by atoms with Gasteiger partial charge in [0.05, 0.1) is 28.0 Å². The Labute approximate surface area is 146 Å². The lowest BCUT2D eigenvalue weighted by Crippen LogP contribution is -2.15. The standard InChI is InChI=1S/C17H12N6OS/c18-9-11-5-1-2-6-12(11)19-15(24)10-25-17-22-21-16-20-13-7-3-4-8-14(13)23(16)17/h1-8H,10H2,(H,19,24)(H,20,21). The fraction of sp³-hybridized carbons (Fsp3) is 0.0588. The largest absolute Gasteiger partial charge is 0.324 e. The van der Waals surface area contributed by atoms with E-state index in [1.165, 1.54) is 11.8 Å². The van der Waals surface area contributed by atoms with Gasteiger partial charge in [-0.3, -0.25) is 9.20 Å². The van der Waals surface area contributed by atoms with Crippen molar-refractivity contribution in [3.05, 3.63) is 54.1 Å². The number of hydrogen-bond acceptors (Lipinski definition) is 5. The number of aromatic amines is 1. The van der Waals surface area contributed by atoms with Crippen molar-refractivity contribution >= 4 is 40.2 Å². The van der Waals surface area contributed by atoms with Gasteiger partial charge in [0.25, 0.3) is 0 Å². The van der Waals surface area contributed by atoms with Crippen LogP contribution in [0.15, 0.2) is 53.7 Å². The van der Waals surface area contributed by atoms with Crippen LogP contribution >= 0.6 is 11.8 Å². The summed E-state index contributed by atoms with van der Waals surface area (Å²) < 4.78 is 1.89. The number of H-pyrrole nitrogens is 1. The zero-order valence-electron chi connectivity index (χ0n) is 12.9. The first kappa shape index (κ1) is 15.2. The van der Waals surface area contributed by atoms with Crippen molar-refractivity contribution in [3.8, 4) is 6.07 Å². The average Bonchev–Trinajstić information content (AvgIpc) is 3.19. The predicted molar refractivity (Wildman–Crippen MR) is 95.4 cm³/mol. The quantitative estimate of drug-likeness (QED) is 0.553. The smallest absolute Gasteiger partial charge is 0.234 e. The van der Waals surface area contributed by atoms with Crippen LogP contribution in [-0.2, 0) is 4.79 Å². The molecule has 2 N–H and O–H groups in total. The van der Waals surface area contributed by atoms with Crippen LogP contribution in [0.5, 0.6) is 0 Å². The Kier molecular flexibility index (Phi) is 3.84. The molecule has 0 unspecified atom stereocenters. The maximum absolute atomic E-state index is 12.2. The molecule has 0 spiro atoms. The zero-order valence-corrected chi connectivity index (χ0v) is 13.7. The molecule has 0 saturated heterocycles. The Morgan fingerprint density at radius 1 is 1.24 bits per heavy atom. The molecule has 2 aromatic carbocycles. The Balaban J connectivity index is 1.52.